The van der Waals surface area contributed by atoms with Crippen LogP contribution in [0.15, 0.2) is 58.2 Å². The molecule has 0 saturated carbocycles. The van der Waals surface area contributed by atoms with E-state index in [2.05, 4.69) is 5.10 Å². The third-order valence-electron chi connectivity index (χ3n) is 5.81. The molecule has 0 amide bonds. The highest BCUT2D eigenvalue weighted by atomic mass is 32.2. The van der Waals surface area contributed by atoms with E-state index >= 15 is 0 Å². The van der Waals surface area contributed by atoms with E-state index in [1.54, 1.807) is 6.07 Å². The zero-order valence-corrected chi connectivity index (χ0v) is 19.1. The quantitative estimate of drug-likeness (QED) is 0.581. The maximum atomic E-state index is 14.1. The predicted octanol–water partition coefficient (Wildman–Crippen LogP) is 3.03. The molecule has 10 heteroatoms. The van der Waals surface area contributed by atoms with Crippen LogP contribution in [0.25, 0.3) is 5.69 Å². The second-order valence-electron chi connectivity index (χ2n) is 8.03. The predicted molar refractivity (Wildman–Crippen MR) is 121 cm³/mol. The van der Waals surface area contributed by atoms with Gasteiger partial charge >= 0.3 is 0 Å². The molecule has 2 aromatic carbocycles. The summed E-state index contributed by atoms with van der Waals surface area (Å²) in [6, 6.07) is 11.1. The maximum absolute atomic E-state index is 14.1. The summed E-state index contributed by atoms with van der Waals surface area (Å²) in [5.74, 6) is -1.41. The Hall–Kier alpha value is -3.11. The van der Waals surface area contributed by atoms with Crippen molar-refractivity contribution in [1.29, 1.82) is 0 Å². The molecule has 1 fully saturated rings. The molecular formula is C23H24F2N4O3S. The Morgan fingerprint density at radius 1 is 0.879 bits per heavy atom. The second kappa shape index (κ2) is 9.03. The summed E-state index contributed by atoms with van der Waals surface area (Å²) in [6.07, 6.45) is 0.479. The van der Waals surface area contributed by atoms with E-state index in [0.717, 1.165) is 23.3 Å². The maximum Gasteiger partial charge on any atom is 0.271 e. The van der Waals surface area contributed by atoms with Crippen molar-refractivity contribution < 1.29 is 17.2 Å². The van der Waals surface area contributed by atoms with Crippen molar-refractivity contribution in [2.75, 3.05) is 31.1 Å². The first kappa shape index (κ1) is 23.1. The minimum atomic E-state index is -4.12. The van der Waals surface area contributed by atoms with Crippen LogP contribution in [0.3, 0.4) is 0 Å². The Balaban J connectivity index is 1.58. The lowest BCUT2D eigenvalue weighted by atomic mass is 10.1. The van der Waals surface area contributed by atoms with Gasteiger partial charge in [0.15, 0.2) is 0 Å². The number of anilines is 1. The molecule has 1 saturated heterocycles. The lowest BCUT2D eigenvalue weighted by molar-refractivity contribution is 0.428. The standard InChI is InChI=1S/C23H24F2N4O3S/c1-16-4-6-19(14-17(16)2)29-23(30)9-8-22(26-29)27-10-3-11-28(13-12-27)33(31,32)21-7-5-18(24)15-20(21)25/h4-9,14-15H,3,10-13H2,1-2H3. The summed E-state index contributed by atoms with van der Waals surface area (Å²) in [6.45, 7) is 5.05. The van der Waals surface area contributed by atoms with Crippen LogP contribution in [0.4, 0.5) is 14.6 Å². The van der Waals surface area contributed by atoms with Gasteiger partial charge in [0, 0.05) is 38.3 Å². The third-order valence-corrected chi connectivity index (χ3v) is 7.74. The summed E-state index contributed by atoms with van der Waals surface area (Å²) in [5.41, 5.74) is 2.52. The highest BCUT2D eigenvalue weighted by Crippen LogP contribution is 2.23. The van der Waals surface area contributed by atoms with Gasteiger partial charge in [0.1, 0.15) is 22.3 Å². The van der Waals surface area contributed by atoms with Crippen molar-refractivity contribution in [2.24, 2.45) is 0 Å². The zero-order valence-electron chi connectivity index (χ0n) is 18.3. The van der Waals surface area contributed by atoms with Gasteiger partial charge in [-0.15, -0.1) is 5.10 Å². The number of rotatable bonds is 4. The van der Waals surface area contributed by atoms with Crippen LogP contribution in [-0.4, -0.2) is 48.7 Å². The first-order chi connectivity index (χ1) is 15.7. The third kappa shape index (κ3) is 4.67. The van der Waals surface area contributed by atoms with Gasteiger partial charge in [0.25, 0.3) is 5.56 Å². The molecule has 0 spiro atoms. The first-order valence-corrected chi connectivity index (χ1v) is 12.0. The topological polar surface area (TPSA) is 75.5 Å². The van der Waals surface area contributed by atoms with Crippen LogP contribution < -0.4 is 10.5 Å². The molecule has 0 unspecified atom stereocenters. The van der Waals surface area contributed by atoms with Crippen molar-refractivity contribution in [3.63, 3.8) is 0 Å². The smallest absolute Gasteiger partial charge is 0.271 e. The van der Waals surface area contributed by atoms with Gasteiger partial charge in [-0.2, -0.15) is 8.99 Å². The number of aryl methyl sites for hydroxylation is 2. The van der Waals surface area contributed by atoms with Crippen LogP contribution in [0.1, 0.15) is 17.5 Å². The van der Waals surface area contributed by atoms with Crippen molar-refractivity contribution >= 4 is 15.8 Å². The molecule has 1 aromatic heterocycles. The van der Waals surface area contributed by atoms with Crippen LogP contribution in [-0.2, 0) is 10.0 Å². The van der Waals surface area contributed by atoms with Crippen LogP contribution >= 0.6 is 0 Å². The van der Waals surface area contributed by atoms with Crippen molar-refractivity contribution in [2.45, 2.75) is 25.2 Å². The molecular weight excluding hydrogens is 450 g/mol. The van der Waals surface area contributed by atoms with Gasteiger partial charge in [-0.05, 0) is 61.7 Å². The highest BCUT2D eigenvalue weighted by molar-refractivity contribution is 7.89. The molecule has 0 bridgehead atoms. The molecule has 1 aliphatic rings. The number of sulfonamides is 1. The highest BCUT2D eigenvalue weighted by Gasteiger charge is 2.30. The Labute approximate surface area is 190 Å². The van der Waals surface area contributed by atoms with Crippen molar-refractivity contribution in [3.05, 3.63) is 81.6 Å². The van der Waals surface area contributed by atoms with E-state index in [-0.39, 0.29) is 18.6 Å². The molecule has 1 aliphatic heterocycles. The SMILES string of the molecule is Cc1ccc(-n2nc(N3CCCN(S(=O)(=O)c4ccc(F)cc4F)CC3)ccc2=O)cc1C. The summed E-state index contributed by atoms with van der Waals surface area (Å²) in [5, 5.41) is 4.51. The molecule has 174 valence electrons. The van der Waals surface area contributed by atoms with E-state index in [1.165, 1.54) is 15.1 Å². The first-order valence-electron chi connectivity index (χ1n) is 10.5. The fraction of sp³-hybridized carbons (Fsp3) is 0.304. The molecule has 0 N–H and O–H groups in total. The van der Waals surface area contributed by atoms with E-state index in [9.17, 15) is 22.0 Å². The van der Waals surface area contributed by atoms with Gasteiger partial charge in [-0.3, -0.25) is 4.79 Å². The van der Waals surface area contributed by atoms with Gasteiger partial charge in [0.2, 0.25) is 10.0 Å². The normalized spacial score (nSPS) is 15.5. The molecule has 2 heterocycles. The van der Waals surface area contributed by atoms with E-state index in [0.29, 0.717) is 37.1 Å². The minimum absolute atomic E-state index is 0.101. The average Bonchev–Trinajstić information content (AvgIpc) is 3.03. The largest absolute Gasteiger partial charge is 0.354 e. The van der Waals surface area contributed by atoms with E-state index in [4.69, 9.17) is 0 Å². The lowest BCUT2D eigenvalue weighted by Gasteiger charge is -2.23. The summed E-state index contributed by atoms with van der Waals surface area (Å²) in [7, 11) is -4.12. The molecule has 0 radical (unpaired) electrons. The fourth-order valence-electron chi connectivity index (χ4n) is 3.80. The fourth-order valence-corrected chi connectivity index (χ4v) is 5.31. The Kier molecular flexibility index (Phi) is 6.31. The number of halogens is 2. The Morgan fingerprint density at radius 2 is 1.67 bits per heavy atom. The molecule has 7 nitrogen and oxygen atoms in total. The number of hydrogen-bond donors (Lipinski definition) is 0. The van der Waals surface area contributed by atoms with Gasteiger partial charge in [0.05, 0.1) is 5.69 Å². The minimum Gasteiger partial charge on any atom is -0.354 e. The number of hydrogen-bond acceptors (Lipinski definition) is 5. The lowest BCUT2D eigenvalue weighted by Crippen LogP contribution is -2.36. The van der Waals surface area contributed by atoms with E-state index in [1.807, 2.05) is 36.9 Å². The molecule has 3 aromatic rings. The zero-order chi connectivity index (χ0) is 23.8. The van der Waals surface area contributed by atoms with E-state index < -0.39 is 26.6 Å². The number of benzene rings is 2. The summed E-state index contributed by atoms with van der Waals surface area (Å²) < 4.78 is 55.8. The van der Waals surface area contributed by atoms with Gasteiger partial charge < -0.3 is 4.90 Å². The Bertz CT molecular complexity index is 1360. The molecule has 33 heavy (non-hydrogen) atoms. The van der Waals surface area contributed by atoms with Crippen molar-refractivity contribution in [1.82, 2.24) is 14.1 Å². The average molecular weight is 475 g/mol. The second-order valence-corrected chi connectivity index (χ2v) is 9.94. The van der Waals surface area contributed by atoms with Crippen LogP contribution in [0, 0.1) is 25.5 Å². The molecule has 0 atom stereocenters. The van der Waals surface area contributed by atoms with Gasteiger partial charge in [-0.25, -0.2) is 17.2 Å². The van der Waals surface area contributed by atoms with Crippen LogP contribution in [0.2, 0.25) is 0 Å². The van der Waals surface area contributed by atoms with Gasteiger partial charge in [-0.1, -0.05) is 6.07 Å². The Morgan fingerprint density at radius 3 is 2.39 bits per heavy atom. The monoisotopic (exact) mass is 474 g/mol. The van der Waals surface area contributed by atoms with Crippen molar-refractivity contribution in [3.8, 4) is 5.69 Å². The molecule has 4 rings (SSSR count). The summed E-state index contributed by atoms with van der Waals surface area (Å²) in [4.78, 5) is 13.8. The summed E-state index contributed by atoms with van der Waals surface area (Å²) >= 11 is 0. The van der Waals surface area contributed by atoms with Crippen LogP contribution in [0.5, 0.6) is 0 Å². The molecule has 0 aliphatic carbocycles. The number of aromatic nitrogens is 2. The number of nitrogens with zero attached hydrogens (tertiary/aromatic N) is 4.